The van der Waals surface area contributed by atoms with Crippen LogP contribution < -0.4 is 0 Å². The maximum absolute atomic E-state index is 12.1. The summed E-state index contributed by atoms with van der Waals surface area (Å²) >= 11 is 5.95. The Morgan fingerprint density at radius 3 is 3.20 bits per heavy atom. The van der Waals surface area contributed by atoms with Crippen LogP contribution in [0.2, 0.25) is 5.02 Å². The third-order valence-electron chi connectivity index (χ3n) is 2.63. The molecule has 4 nitrogen and oxygen atoms in total. The predicted molar refractivity (Wildman–Crippen MR) is 56.2 cm³/mol. The second-order valence-corrected chi connectivity index (χ2v) is 3.99. The zero-order valence-electron chi connectivity index (χ0n) is 8.57. The first-order valence-corrected chi connectivity index (χ1v) is 5.45. The lowest BCUT2D eigenvalue weighted by Crippen LogP contribution is -2.19. The van der Waals surface area contributed by atoms with Gasteiger partial charge in [0.2, 0.25) is 0 Å². The molecule has 1 aromatic rings. The molecule has 1 aromatic heterocycles. The lowest BCUT2D eigenvalue weighted by atomic mass is 10.0. The second-order valence-electron chi connectivity index (χ2n) is 3.58. The molecule has 1 aliphatic rings. The highest BCUT2D eigenvalue weighted by molar-refractivity contribution is 6.33. The Kier molecular flexibility index (Phi) is 3.07. The molecule has 0 aliphatic carbocycles. The highest BCUT2D eigenvalue weighted by atomic mass is 35.5. The van der Waals surface area contributed by atoms with Crippen LogP contribution in [0.4, 0.5) is 0 Å². The first kappa shape index (κ1) is 10.6. The largest absolute Gasteiger partial charge is 0.381 e. The van der Waals surface area contributed by atoms with Crippen molar-refractivity contribution in [3.63, 3.8) is 0 Å². The van der Waals surface area contributed by atoms with Crippen molar-refractivity contribution in [3.05, 3.63) is 16.9 Å². The van der Waals surface area contributed by atoms with Gasteiger partial charge < -0.3 is 4.74 Å². The third kappa shape index (κ3) is 1.92. The Balaban J connectivity index is 2.27. The van der Waals surface area contributed by atoms with Crippen LogP contribution in [0.1, 0.15) is 23.8 Å². The number of nitrogens with zero attached hydrogens (tertiary/aromatic N) is 2. The number of hydrogen-bond donors (Lipinski definition) is 0. The summed E-state index contributed by atoms with van der Waals surface area (Å²) in [6.45, 7) is 3.75. The molecule has 15 heavy (non-hydrogen) atoms. The normalized spacial score (nSPS) is 20.8. The number of ether oxygens (including phenoxy) is 1. The van der Waals surface area contributed by atoms with Crippen LogP contribution in [0.25, 0.3) is 0 Å². The number of halogens is 1. The van der Waals surface area contributed by atoms with E-state index in [9.17, 15) is 4.79 Å². The van der Waals surface area contributed by atoms with Gasteiger partial charge in [0.05, 0.1) is 17.8 Å². The average Bonchev–Trinajstić information content (AvgIpc) is 2.85. The molecule has 2 rings (SSSR count). The van der Waals surface area contributed by atoms with Crippen molar-refractivity contribution in [3.8, 4) is 0 Å². The van der Waals surface area contributed by atoms with Crippen molar-refractivity contribution in [1.29, 1.82) is 0 Å². The van der Waals surface area contributed by atoms with Gasteiger partial charge in [-0.3, -0.25) is 9.48 Å². The van der Waals surface area contributed by atoms with Crippen molar-refractivity contribution in [1.82, 2.24) is 9.78 Å². The molecular formula is C10H13ClN2O2. The van der Waals surface area contributed by atoms with E-state index in [1.807, 2.05) is 6.92 Å². The Hall–Kier alpha value is -0.870. The Labute approximate surface area is 93.2 Å². The summed E-state index contributed by atoms with van der Waals surface area (Å²) in [7, 11) is 0. The van der Waals surface area contributed by atoms with Crippen molar-refractivity contribution < 1.29 is 9.53 Å². The molecule has 1 saturated heterocycles. The highest BCUT2D eigenvalue weighted by Crippen LogP contribution is 2.23. The Morgan fingerprint density at radius 2 is 2.60 bits per heavy atom. The second kappa shape index (κ2) is 4.33. The SMILES string of the molecule is CCn1ncc(Cl)c1C(=O)C1CCOC1. The van der Waals surface area contributed by atoms with E-state index in [0.717, 1.165) is 6.42 Å². The lowest BCUT2D eigenvalue weighted by Gasteiger charge is -2.08. The van der Waals surface area contributed by atoms with Crippen LogP contribution >= 0.6 is 11.6 Å². The van der Waals surface area contributed by atoms with E-state index in [-0.39, 0.29) is 11.7 Å². The van der Waals surface area contributed by atoms with Gasteiger partial charge in [-0.1, -0.05) is 11.6 Å². The van der Waals surface area contributed by atoms with Gasteiger partial charge in [-0.05, 0) is 13.3 Å². The first-order valence-electron chi connectivity index (χ1n) is 5.07. The fraction of sp³-hybridized carbons (Fsp3) is 0.600. The number of ketones is 1. The summed E-state index contributed by atoms with van der Waals surface area (Å²) in [5, 5.41) is 4.49. The predicted octanol–water partition coefficient (Wildman–Crippen LogP) is 1.78. The van der Waals surface area contributed by atoms with Gasteiger partial charge in [-0.2, -0.15) is 5.10 Å². The molecule has 0 N–H and O–H groups in total. The number of Topliss-reactive ketones (excluding diaryl/α,β-unsaturated/α-hetero) is 1. The van der Waals surface area contributed by atoms with Gasteiger partial charge in [-0.15, -0.1) is 0 Å². The average molecular weight is 229 g/mol. The summed E-state index contributed by atoms with van der Waals surface area (Å²) in [6.07, 6.45) is 2.30. The molecule has 0 spiro atoms. The van der Waals surface area contributed by atoms with Crippen LogP contribution in [0.5, 0.6) is 0 Å². The van der Waals surface area contributed by atoms with Gasteiger partial charge in [-0.25, -0.2) is 0 Å². The molecule has 82 valence electrons. The zero-order chi connectivity index (χ0) is 10.8. The molecule has 1 atom stereocenters. The van der Waals surface area contributed by atoms with Gasteiger partial charge in [0.25, 0.3) is 0 Å². The minimum atomic E-state index is -0.0514. The molecule has 0 bridgehead atoms. The third-order valence-corrected chi connectivity index (χ3v) is 2.90. The monoisotopic (exact) mass is 228 g/mol. The molecular weight excluding hydrogens is 216 g/mol. The van der Waals surface area contributed by atoms with Crippen LogP contribution in [-0.4, -0.2) is 28.8 Å². The van der Waals surface area contributed by atoms with Gasteiger partial charge in [0.15, 0.2) is 5.78 Å². The van der Waals surface area contributed by atoms with E-state index in [1.54, 1.807) is 4.68 Å². The molecule has 5 heteroatoms. The van der Waals surface area contributed by atoms with Crippen LogP contribution in [0, 0.1) is 5.92 Å². The molecule has 1 fully saturated rings. The van der Waals surface area contributed by atoms with Crippen molar-refractivity contribution >= 4 is 17.4 Å². The first-order chi connectivity index (χ1) is 7.24. The molecule has 1 unspecified atom stereocenters. The van der Waals surface area contributed by atoms with E-state index in [1.165, 1.54) is 6.20 Å². The molecule has 1 aliphatic heterocycles. The lowest BCUT2D eigenvalue weighted by molar-refractivity contribution is 0.0889. The van der Waals surface area contributed by atoms with Crippen LogP contribution in [-0.2, 0) is 11.3 Å². The quantitative estimate of drug-likeness (QED) is 0.741. The number of aryl methyl sites for hydroxylation is 1. The maximum atomic E-state index is 12.1. The smallest absolute Gasteiger partial charge is 0.187 e. The number of hydrogen-bond acceptors (Lipinski definition) is 3. The van der Waals surface area contributed by atoms with E-state index in [2.05, 4.69) is 5.10 Å². The molecule has 0 saturated carbocycles. The minimum Gasteiger partial charge on any atom is -0.381 e. The number of aromatic nitrogens is 2. The van der Waals surface area contributed by atoms with E-state index in [4.69, 9.17) is 16.3 Å². The zero-order valence-corrected chi connectivity index (χ0v) is 9.33. The summed E-state index contributed by atoms with van der Waals surface area (Å²) in [6, 6.07) is 0. The number of rotatable bonds is 3. The standard InChI is InChI=1S/C10H13ClN2O2/c1-2-13-9(8(11)5-12-13)10(14)7-3-4-15-6-7/h5,7H,2-4,6H2,1H3. The van der Waals surface area contributed by atoms with E-state index < -0.39 is 0 Å². The Bertz CT molecular complexity index is 369. The van der Waals surface area contributed by atoms with E-state index in [0.29, 0.717) is 30.5 Å². The fourth-order valence-electron chi connectivity index (χ4n) is 1.78. The van der Waals surface area contributed by atoms with Gasteiger partial charge in [0.1, 0.15) is 5.69 Å². The number of carbonyl (C=O) groups is 1. The maximum Gasteiger partial charge on any atom is 0.187 e. The Morgan fingerprint density at radius 1 is 1.80 bits per heavy atom. The molecule has 0 aromatic carbocycles. The summed E-state index contributed by atoms with van der Waals surface area (Å²) in [5.41, 5.74) is 0.523. The van der Waals surface area contributed by atoms with Crippen molar-refractivity contribution in [2.45, 2.75) is 19.9 Å². The van der Waals surface area contributed by atoms with Gasteiger partial charge in [0, 0.05) is 19.1 Å². The fourth-order valence-corrected chi connectivity index (χ4v) is 2.02. The van der Waals surface area contributed by atoms with Crippen molar-refractivity contribution in [2.24, 2.45) is 5.92 Å². The summed E-state index contributed by atoms with van der Waals surface area (Å²) in [5.74, 6) is 0.00125. The van der Waals surface area contributed by atoms with Crippen molar-refractivity contribution in [2.75, 3.05) is 13.2 Å². The number of carbonyl (C=O) groups excluding carboxylic acids is 1. The topological polar surface area (TPSA) is 44.1 Å². The van der Waals surface area contributed by atoms with Gasteiger partial charge >= 0.3 is 0 Å². The molecule has 0 amide bonds. The molecule has 0 radical (unpaired) electrons. The van der Waals surface area contributed by atoms with Crippen LogP contribution in [0.3, 0.4) is 0 Å². The van der Waals surface area contributed by atoms with Crippen LogP contribution in [0.15, 0.2) is 6.20 Å². The summed E-state index contributed by atoms with van der Waals surface area (Å²) < 4.78 is 6.84. The minimum absolute atomic E-state index is 0.0514. The summed E-state index contributed by atoms with van der Waals surface area (Å²) in [4.78, 5) is 12.1. The highest BCUT2D eigenvalue weighted by Gasteiger charge is 2.28. The molecule has 2 heterocycles. The van der Waals surface area contributed by atoms with E-state index >= 15 is 0 Å².